The summed E-state index contributed by atoms with van der Waals surface area (Å²) in [7, 11) is -1.82. The van der Waals surface area contributed by atoms with Crippen molar-refractivity contribution in [3.63, 3.8) is 0 Å². The fraction of sp³-hybridized carbons (Fsp3) is 0.682. The Morgan fingerprint density at radius 1 is 1.19 bits per heavy atom. The van der Waals surface area contributed by atoms with Gasteiger partial charge in [-0.3, -0.25) is 4.79 Å². The molecule has 3 rings (SSSR count). The maximum Gasteiger partial charge on any atom is 0.192 e. The molecule has 1 saturated heterocycles. The Kier molecular flexibility index (Phi) is 5.76. The van der Waals surface area contributed by atoms with Gasteiger partial charge in [0.1, 0.15) is 0 Å². The average Bonchev–Trinajstić information content (AvgIpc) is 2.97. The number of carbonyl (C=O) groups excluding carboxylic acids is 1. The molecule has 0 saturated carbocycles. The van der Waals surface area contributed by atoms with Gasteiger partial charge in [0.2, 0.25) is 0 Å². The second kappa shape index (κ2) is 7.57. The van der Waals surface area contributed by atoms with E-state index >= 15 is 0 Å². The van der Waals surface area contributed by atoms with E-state index in [9.17, 15) is 4.79 Å². The molecule has 0 bridgehead atoms. The van der Waals surface area contributed by atoms with Gasteiger partial charge in [0, 0.05) is 25.2 Å². The molecule has 1 fully saturated rings. The molecule has 1 aliphatic carbocycles. The van der Waals surface area contributed by atoms with Crippen LogP contribution in [0.25, 0.3) is 0 Å². The lowest BCUT2D eigenvalue weighted by Gasteiger charge is -2.38. The van der Waals surface area contributed by atoms with Crippen LogP contribution in [0.15, 0.2) is 18.2 Å². The predicted molar refractivity (Wildman–Crippen MR) is 108 cm³/mol. The highest BCUT2D eigenvalue weighted by Gasteiger charge is 2.41. The summed E-state index contributed by atoms with van der Waals surface area (Å²) < 4.78 is 12.1. The topological polar surface area (TPSA) is 35.5 Å². The standard InChI is InChI=1S/C22H34O3Si/c1-22(2,3)26(4,5)25-21-10-9-17-18(7-6-8-19(17)21)20(23)15-16-11-13-24-14-12-16/h6-8,16,21H,9-15H2,1-5H3/t21-/m0/s1. The first-order valence-electron chi connectivity index (χ1n) is 10.1. The number of fused-ring (bicyclic) bond motifs is 1. The SMILES string of the molecule is CC(C)(C)[Si](C)(C)O[C@H]1CCc2c(C(=O)CC3CCOCC3)cccc21. The molecule has 4 heteroatoms. The Morgan fingerprint density at radius 2 is 1.88 bits per heavy atom. The maximum atomic E-state index is 13.0. The van der Waals surface area contributed by atoms with Crippen LogP contribution in [-0.4, -0.2) is 27.3 Å². The van der Waals surface area contributed by atoms with Gasteiger partial charge in [0.05, 0.1) is 6.10 Å². The van der Waals surface area contributed by atoms with Gasteiger partial charge in [-0.2, -0.15) is 0 Å². The van der Waals surface area contributed by atoms with Gasteiger partial charge >= 0.3 is 0 Å². The van der Waals surface area contributed by atoms with Crippen molar-refractivity contribution in [3.8, 4) is 0 Å². The number of carbonyl (C=O) groups is 1. The van der Waals surface area contributed by atoms with Crippen molar-refractivity contribution in [2.45, 2.75) is 77.1 Å². The Hall–Kier alpha value is -0.973. The van der Waals surface area contributed by atoms with Gasteiger partial charge in [-0.05, 0) is 60.9 Å². The van der Waals surface area contributed by atoms with Crippen LogP contribution in [0, 0.1) is 5.92 Å². The first kappa shape index (κ1) is 19.8. The van der Waals surface area contributed by atoms with Crippen LogP contribution in [0.5, 0.6) is 0 Å². The van der Waals surface area contributed by atoms with E-state index in [1.807, 2.05) is 12.1 Å². The second-order valence-corrected chi connectivity index (χ2v) is 14.2. The van der Waals surface area contributed by atoms with Crippen molar-refractivity contribution < 1.29 is 14.0 Å². The van der Waals surface area contributed by atoms with Crippen molar-refractivity contribution >= 4 is 14.1 Å². The van der Waals surface area contributed by atoms with Crippen LogP contribution in [0.3, 0.4) is 0 Å². The number of benzene rings is 1. The summed E-state index contributed by atoms with van der Waals surface area (Å²) in [6.45, 7) is 13.1. The summed E-state index contributed by atoms with van der Waals surface area (Å²) in [5.74, 6) is 0.787. The van der Waals surface area contributed by atoms with Crippen LogP contribution in [-0.2, 0) is 15.6 Å². The van der Waals surface area contributed by atoms with Gasteiger partial charge in [-0.1, -0.05) is 39.0 Å². The first-order chi connectivity index (χ1) is 12.2. The van der Waals surface area contributed by atoms with Crippen molar-refractivity contribution in [1.82, 2.24) is 0 Å². The predicted octanol–water partition coefficient (Wildman–Crippen LogP) is 5.70. The van der Waals surface area contributed by atoms with Crippen LogP contribution in [0.1, 0.15) is 74.0 Å². The lowest BCUT2D eigenvalue weighted by Crippen LogP contribution is -2.41. The molecule has 1 aliphatic heterocycles. The third-order valence-corrected chi connectivity index (χ3v) is 11.1. The highest BCUT2D eigenvalue weighted by atomic mass is 28.4. The van der Waals surface area contributed by atoms with E-state index in [1.54, 1.807) is 0 Å². The lowest BCUT2D eigenvalue weighted by molar-refractivity contribution is 0.0601. The minimum Gasteiger partial charge on any atom is -0.410 e. The minimum absolute atomic E-state index is 0.154. The number of ketones is 1. The molecular weight excluding hydrogens is 340 g/mol. The van der Waals surface area contributed by atoms with E-state index in [0.29, 0.717) is 18.1 Å². The Balaban J connectivity index is 1.76. The monoisotopic (exact) mass is 374 g/mol. The molecule has 26 heavy (non-hydrogen) atoms. The number of hydrogen-bond donors (Lipinski definition) is 0. The average molecular weight is 375 g/mol. The number of Topliss-reactive ketones (excluding diaryl/α,β-unsaturated/α-hetero) is 1. The van der Waals surface area contributed by atoms with Gasteiger partial charge in [0.15, 0.2) is 14.1 Å². The molecule has 0 unspecified atom stereocenters. The normalized spacial score (nSPS) is 21.7. The van der Waals surface area contributed by atoms with Crippen molar-refractivity contribution in [3.05, 3.63) is 34.9 Å². The van der Waals surface area contributed by atoms with E-state index in [1.165, 1.54) is 11.1 Å². The van der Waals surface area contributed by atoms with E-state index in [-0.39, 0.29) is 11.1 Å². The zero-order valence-corrected chi connectivity index (χ0v) is 18.1. The van der Waals surface area contributed by atoms with E-state index < -0.39 is 8.32 Å². The van der Waals surface area contributed by atoms with E-state index in [4.69, 9.17) is 9.16 Å². The second-order valence-electron chi connectivity index (χ2n) is 9.46. The minimum atomic E-state index is -1.82. The zero-order chi connectivity index (χ0) is 18.9. The van der Waals surface area contributed by atoms with Crippen LogP contribution in [0.4, 0.5) is 0 Å². The molecule has 0 amide bonds. The fourth-order valence-electron chi connectivity index (χ4n) is 3.86. The van der Waals surface area contributed by atoms with Crippen molar-refractivity contribution in [2.24, 2.45) is 5.92 Å². The molecule has 3 nitrogen and oxygen atoms in total. The molecule has 2 aliphatic rings. The van der Waals surface area contributed by atoms with Crippen molar-refractivity contribution in [2.75, 3.05) is 13.2 Å². The molecule has 144 valence electrons. The number of hydrogen-bond acceptors (Lipinski definition) is 3. The number of rotatable bonds is 5. The largest absolute Gasteiger partial charge is 0.410 e. The van der Waals surface area contributed by atoms with Crippen LogP contribution >= 0.6 is 0 Å². The molecule has 0 N–H and O–H groups in total. The smallest absolute Gasteiger partial charge is 0.192 e. The molecule has 1 atom stereocenters. The van der Waals surface area contributed by atoms with Crippen LogP contribution in [0.2, 0.25) is 18.1 Å². The molecule has 1 aromatic carbocycles. The van der Waals surface area contributed by atoms with E-state index in [2.05, 4.69) is 39.9 Å². The van der Waals surface area contributed by atoms with Crippen LogP contribution < -0.4 is 0 Å². The van der Waals surface area contributed by atoms with Gasteiger partial charge < -0.3 is 9.16 Å². The Morgan fingerprint density at radius 3 is 2.54 bits per heavy atom. The zero-order valence-electron chi connectivity index (χ0n) is 17.1. The summed E-state index contributed by atoms with van der Waals surface area (Å²) in [6.07, 6.45) is 4.80. The lowest BCUT2D eigenvalue weighted by atomic mass is 9.89. The summed E-state index contributed by atoms with van der Waals surface area (Å²) in [5.41, 5.74) is 3.44. The first-order valence-corrected chi connectivity index (χ1v) is 13.0. The highest BCUT2D eigenvalue weighted by Crippen LogP contribution is 2.44. The third kappa shape index (κ3) is 4.13. The van der Waals surface area contributed by atoms with Gasteiger partial charge in [-0.25, -0.2) is 0 Å². The number of ether oxygens (including phenoxy) is 1. The third-order valence-electron chi connectivity index (χ3n) is 6.57. The molecule has 0 aromatic heterocycles. The van der Waals surface area contributed by atoms with Gasteiger partial charge in [-0.15, -0.1) is 0 Å². The summed E-state index contributed by atoms with van der Waals surface area (Å²) >= 11 is 0. The van der Waals surface area contributed by atoms with Gasteiger partial charge in [0.25, 0.3) is 0 Å². The Bertz CT molecular complexity index is 654. The quantitative estimate of drug-likeness (QED) is 0.490. The Labute approximate surface area is 159 Å². The summed E-state index contributed by atoms with van der Waals surface area (Å²) in [4.78, 5) is 13.0. The molecule has 0 spiro atoms. The summed E-state index contributed by atoms with van der Waals surface area (Å²) in [5, 5.41) is 0.201. The molecule has 1 aromatic rings. The molecule has 1 heterocycles. The maximum absolute atomic E-state index is 13.0. The fourth-order valence-corrected chi connectivity index (χ4v) is 5.16. The van der Waals surface area contributed by atoms with E-state index in [0.717, 1.165) is 44.5 Å². The highest BCUT2D eigenvalue weighted by molar-refractivity contribution is 6.74. The summed E-state index contributed by atoms with van der Waals surface area (Å²) in [6, 6.07) is 6.24. The van der Waals surface area contributed by atoms with Crippen molar-refractivity contribution in [1.29, 1.82) is 0 Å². The molecular formula is C22H34O3Si. The molecule has 0 radical (unpaired) electrons.